The molecule has 0 aliphatic carbocycles. The van der Waals surface area contributed by atoms with Crippen LogP contribution < -0.4 is 10.5 Å². The van der Waals surface area contributed by atoms with Crippen LogP contribution in [0.15, 0.2) is 66.9 Å². The number of alkyl halides is 3. The van der Waals surface area contributed by atoms with E-state index in [-0.39, 0.29) is 11.6 Å². The van der Waals surface area contributed by atoms with Gasteiger partial charge in [-0.15, -0.1) is 13.2 Å². The van der Waals surface area contributed by atoms with Gasteiger partial charge in [-0.05, 0) is 52.9 Å². The molecule has 0 aliphatic heterocycles. The molecule has 7 heteroatoms. The molecule has 4 rings (SSSR count). The molecule has 3 aromatic carbocycles. The molecule has 0 bridgehead atoms. The molecule has 3 N–H and O–H groups in total. The van der Waals surface area contributed by atoms with Crippen molar-refractivity contribution in [3.8, 4) is 22.8 Å². The second-order valence-electron chi connectivity index (χ2n) is 7.43. The van der Waals surface area contributed by atoms with Gasteiger partial charge in [-0.2, -0.15) is 0 Å². The van der Waals surface area contributed by atoms with Gasteiger partial charge in [-0.1, -0.05) is 42.5 Å². The van der Waals surface area contributed by atoms with E-state index in [0.29, 0.717) is 13.1 Å². The van der Waals surface area contributed by atoms with E-state index < -0.39 is 6.36 Å². The van der Waals surface area contributed by atoms with Gasteiger partial charge in [-0.25, -0.2) is 0 Å². The van der Waals surface area contributed by atoms with E-state index in [0.717, 1.165) is 38.6 Å². The molecule has 4 aromatic rings. The quantitative estimate of drug-likeness (QED) is 0.429. The van der Waals surface area contributed by atoms with Crippen LogP contribution in [0.2, 0.25) is 0 Å². The van der Waals surface area contributed by atoms with Crippen LogP contribution in [-0.2, 0) is 13.1 Å². The van der Waals surface area contributed by atoms with Gasteiger partial charge in [0.2, 0.25) is 0 Å². The van der Waals surface area contributed by atoms with Crippen LogP contribution in [0.25, 0.3) is 21.9 Å². The maximum Gasteiger partial charge on any atom is 0.573 e. The van der Waals surface area contributed by atoms with Gasteiger partial charge in [0.25, 0.3) is 0 Å². The predicted molar refractivity (Wildman–Crippen MR) is 114 cm³/mol. The molecule has 0 saturated heterocycles. The number of benzene rings is 3. The highest BCUT2D eigenvalue weighted by molar-refractivity contribution is 5.94. The van der Waals surface area contributed by atoms with Crippen molar-refractivity contribution in [3.05, 3.63) is 83.6 Å². The minimum absolute atomic E-state index is 0.119. The van der Waals surface area contributed by atoms with Crippen molar-refractivity contribution in [1.82, 2.24) is 4.57 Å². The zero-order valence-electron chi connectivity index (χ0n) is 16.8. The lowest BCUT2D eigenvalue weighted by Gasteiger charge is -2.10. The van der Waals surface area contributed by atoms with E-state index in [2.05, 4.69) is 4.74 Å². The Hall–Kier alpha value is -3.45. The summed E-state index contributed by atoms with van der Waals surface area (Å²) in [5, 5.41) is 12.4. The van der Waals surface area contributed by atoms with Crippen molar-refractivity contribution in [3.63, 3.8) is 0 Å². The molecule has 0 amide bonds. The highest BCUT2D eigenvalue weighted by Gasteiger charge is 2.30. The number of nitrogens with two attached hydrogens (primary N) is 1. The van der Waals surface area contributed by atoms with Crippen molar-refractivity contribution < 1.29 is 23.0 Å². The van der Waals surface area contributed by atoms with E-state index >= 15 is 0 Å². The summed E-state index contributed by atoms with van der Waals surface area (Å²) in [4.78, 5) is 0. The first-order valence-electron chi connectivity index (χ1n) is 9.70. The summed E-state index contributed by atoms with van der Waals surface area (Å²) in [5.41, 5.74) is 10.5. The Bertz CT molecular complexity index is 1210. The number of hydrogen-bond donors (Lipinski definition) is 2. The first-order valence-corrected chi connectivity index (χ1v) is 9.70. The predicted octanol–water partition coefficient (Wildman–Crippen LogP) is 5.73. The molecule has 1 aromatic heterocycles. The lowest BCUT2D eigenvalue weighted by atomic mass is 9.99. The third-order valence-corrected chi connectivity index (χ3v) is 5.19. The van der Waals surface area contributed by atoms with Crippen molar-refractivity contribution in [2.75, 3.05) is 0 Å². The fraction of sp³-hybridized carbons (Fsp3) is 0.167. The van der Waals surface area contributed by atoms with Gasteiger partial charge in [0.15, 0.2) is 5.88 Å². The minimum Gasteiger partial charge on any atom is -0.494 e. The summed E-state index contributed by atoms with van der Waals surface area (Å²) in [6.07, 6.45) is -2.88. The highest BCUT2D eigenvalue weighted by Crippen LogP contribution is 2.35. The molecule has 0 unspecified atom stereocenters. The maximum absolute atomic E-state index is 12.3. The molecule has 0 saturated carbocycles. The first kappa shape index (κ1) is 20.8. The molecule has 4 nitrogen and oxygen atoms in total. The average molecular weight is 426 g/mol. The fourth-order valence-corrected chi connectivity index (χ4v) is 3.71. The standard InChI is InChI=1S/C24H21F3N2O2/c1-15-10-19(18-6-2-16(12-28)3-7-18)11-20-14-29(23(30)22(15)20)13-17-4-8-21(9-5-17)31-24(25,26)27/h2-11,14,30H,12-13,28H2,1H3. The highest BCUT2D eigenvalue weighted by atomic mass is 19.4. The van der Waals surface area contributed by atoms with Gasteiger partial charge in [0.1, 0.15) is 5.75 Å². The number of rotatable bonds is 5. The first-order chi connectivity index (χ1) is 14.7. The number of aryl methyl sites for hydroxylation is 1. The van der Waals surface area contributed by atoms with Crippen LogP contribution in [0.1, 0.15) is 16.7 Å². The Labute approximate surface area is 177 Å². The molecule has 1 heterocycles. The molecular formula is C24H21F3N2O2. The summed E-state index contributed by atoms with van der Waals surface area (Å²) >= 11 is 0. The Morgan fingerprint density at radius 1 is 0.935 bits per heavy atom. The minimum atomic E-state index is -4.72. The Kier molecular flexibility index (Phi) is 5.37. The van der Waals surface area contributed by atoms with Crippen LogP contribution >= 0.6 is 0 Å². The second kappa shape index (κ2) is 8.00. The van der Waals surface area contributed by atoms with Gasteiger partial charge in [-0.3, -0.25) is 0 Å². The van der Waals surface area contributed by atoms with Crippen LogP contribution in [0.4, 0.5) is 13.2 Å². The lowest BCUT2D eigenvalue weighted by molar-refractivity contribution is -0.274. The van der Waals surface area contributed by atoms with Crippen molar-refractivity contribution >= 4 is 10.8 Å². The normalized spacial score (nSPS) is 11.8. The van der Waals surface area contributed by atoms with Crippen LogP contribution in [0, 0.1) is 6.92 Å². The number of aromatic hydroxyl groups is 1. The Morgan fingerprint density at radius 2 is 1.58 bits per heavy atom. The van der Waals surface area contributed by atoms with E-state index in [1.807, 2.05) is 49.5 Å². The number of hydrogen-bond acceptors (Lipinski definition) is 3. The third-order valence-electron chi connectivity index (χ3n) is 5.19. The zero-order valence-corrected chi connectivity index (χ0v) is 16.8. The summed E-state index contributed by atoms with van der Waals surface area (Å²) in [5.74, 6) is -0.160. The SMILES string of the molecule is Cc1cc(-c2ccc(CN)cc2)cc2cn(Cc3ccc(OC(F)(F)F)cc3)c(O)c12. The Balaban J connectivity index is 1.63. The zero-order chi connectivity index (χ0) is 22.2. The number of halogens is 3. The van der Waals surface area contributed by atoms with Gasteiger partial charge >= 0.3 is 6.36 Å². The Morgan fingerprint density at radius 3 is 2.19 bits per heavy atom. The monoisotopic (exact) mass is 426 g/mol. The third kappa shape index (κ3) is 4.51. The average Bonchev–Trinajstić information content (AvgIpc) is 3.04. The number of ether oxygens (including phenoxy) is 1. The second-order valence-corrected chi connectivity index (χ2v) is 7.43. The maximum atomic E-state index is 12.3. The van der Waals surface area contributed by atoms with Gasteiger partial charge in [0, 0.05) is 23.5 Å². The number of fused-ring (bicyclic) bond motifs is 1. The summed E-state index contributed by atoms with van der Waals surface area (Å²) < 4.78 is 42.6. The molecule has 0 radical (unpaired) electrons. The van der Waals surface area contributed by atoms with E-state index in [1.165, 1.54) is 12.1 Å². The topological polar surface area (TPSA) is 60.4 Å². The van der Waals surface area contributed by atoms with Crippen molar-refractivity contribution in [1.29, 1.82) is 0 Å². The molecule has 31 heavy (non-hydrogen) atoms. The van der Waals surface area contributed by atoms with Crippen LogP contribution in [-0.4, -0.2) is 16.0 Å². The number of aromatic nitrogens is 1. The molecule has 0 aliphatic rings. The lowest BCUT2D eigenvalue weighted by Crippen LogP contribution is -2.17. The molecule has 0 spiro atoms. The number of nitrogens with zero attached hydrogens (tertiary/aromatic N) is 1. The van der Waals surface area contributed by atoms with E-state index in [9.17, 15) is 18.3 Å². The van der Waals surface area contributed by atoms with Crippen molar-refractivity contribution in [2.45, 2.75) is 26.4 Å². The summed E-state index contributed by atoms with van der Waals surface area (Å²) in [7, 11) is 0. The van der Waals surface area contributed by atoms with Gasteiger partial charge < -0.3 is 20.1 Å². The smallest absolute Gasteiger partial charge is 0.494 e. The molecular weight excluding hydrogens is 405 g/mol. The summed E-state index contributed by atoms with van der Waals surface area (Å²) in [6, 6.07) is 17.7. The van der Waals surface area contributed by atoms with Crippen molar-refractivity contribution in [2.24, 2.45) is 5.73 Å². The molecule has 0 atom stereocenters. The fourth-order valence-electron chi connectivity index (χ4n) is 3.71. The van der Waals surface area contributed by atoms with Crippen LogP contribution in [0.5, 0.6) is 11.6 Å². The molecule has 0 fully saturated rings. The summed E-state index contributed by atoms with van der Waals surface area (Å²) in [6.45, 7) is 2.73. The van der Waals surface area contributed by atoms with Gasteiger partial charge in [0.05, 0.1) is 6.54 Å². The molecule has 160 valence electrons. The van der Waals surface area contributed by atoms with E-state index in [4.69, 9.17) is 5.73 Å². The largest absolute Gasteiger partial charge is 0.573 e. The van der Waals surface area contributed by atoms with Crippen LogP contribution in [0.3, 0.4) is 0 Å². The van der Waals surface area contributed by atoms with E-state index in [1.54, 1.807) is 16.7 Å².